The molecule has 0 N–H and O–H groups in total. The molecule has 9 rings (SSSR count). The Morgan fingerprint density at radius 3 is 1.69 bits per heavy atom. The Labute approximate surface area is 289 Å². The average Bonchev–Trinajstić information content (AvgIpc) is 3.35. The second-order valence-electron chi connectivity index (χ2n) is 15.3. The van der Waals surface area contributed by atoms with Crippen molar-refractivity contribution in [2.24, 2.45) is 0 Å². The zero-order chi connectivity index (χ0) is 33.5. The summed E-state index contributed by atoms with van der Waals surface area (Å²) in [5, 5.41) is 7.68. The van der Waals surface area contributed by atoms with Crippen LogP contribution in [0.15, 0.2) is 152 Å². The first kappa shape index (κ1) is 29.7. The third-order valence-corrected chi connectivity index (χ3v) is 11.0. The van der Waals surface area contributed by atoms with Gasteiger partial charge in [0.1, 0.15) is 0 Å². The van der Waals surface area contributed by atoms with Gasteiger partial charge in [0.2, 0.25) is 0 Å². The number of hydrogen-bond donors (Lipinski definition) is 0. The lowest BCUT2D eigenvalue weighted by Crippen LogP contribution is -2.14. The minimum Gasteiger partial charge on any atom is -0.0619 e. The van der Waals surface area contributed by atoms with Crippen LogP contribution in [0.3, 0.4) is 0 Å². The standard InChI is InChI=1S/C49H40/c1-48(2,3)35-25-21-32(22-26-35)46-40-17-8-9-18-41(40)47(34-24-27-39-38-16-10-11-20-44(38)49(4,5)45(39)30-34)43-29-33(23-28-42(43)46)37-19-12-14-31-13-6-7-15-36(31)37/h6-30H,1-5H3. The van der Waals surface area contributed by atoms with Crippen LogP contribution in [0.2, 0.25) is 0 Å². The zero-order valence-electron chi connectivity index (χ0n) is 28.9. The van der Waals surface area contributed by atoms with E-state index in [-0.39, 0.29) is 10.8 Å². The highest BCUT2D eigenvalue weighted by atomic mass is 14.4. The van der Waals surface area contributed by atoms with Crippen LogP contribution in [0, 0.1) is 0 Å². The van der Waals surface area contributed by atoms with Gasteiger partial charge < -0.3 is 0 Å². The maximum atomic E-state index is 2.49. The third-order valence-electron chi connectivity index (χ3n) is 11.0. The quantitative estimate of drug-likeness (QED) is 0.171. The van der Waals surface area contributed by atoms with Crippen LogP contribution >= 0.6 is 0 Å². The number of hydrogen-bond acceptors (Lipinski definition) is 0. The zero-order valence-corrected chi connectivity index (χ0v) is 28.9. The number of fused-ring (bicyclic) bond motifs is 6. The van der Waals surface area contributed by atoms with Gasteiger partial charge in [-0.2, -0.15) is 0 Å². The fraction of sp³-hybridized carbons (Fsp3) is 0.143. The maximum Gasteiger partial charge on any atom is 0.0159 e. The van der Waals surface area contributed by atoms with E-state index in [9.17, 15) is 0 Å². The van der Waals surface area contributed by atoms with Crippen molar-refractivity contribution in [2.75, 3.05) is 0 Å². The lowest BCUT2D eigenvalue weighted by Gasteiger charge is -2.23. The van der Waals surface area contributed by atoms with Crippen molar-refractivity contribution >= 4 is 32.3 Å². The summed E-state index contributed by atoms with van der Waals surface area (Å²) in [4.78, 5) is 0. The van der Waals surface area contributed by atoms with E-state index in [1.165, 1.54) is 93.5 Å². The summed E-state index contributed by atoms with van der Waals surface area (Å²) in [6.45, 7) is 11.6. The lowest BCUT2D eigenvalue weighted by molar-refractivity contribution is 0.590. The molecule has 0 aliphatic heterocycles. The largest absolute Gasteiger partial charge is 0.0619 e. The molecule has 0 fully saturated rings. The van der Waals surface area contributed by atoms with Gasteiger partial charge in [-0.15, -0.1) is 0 Å². The average molecular weight is 629 g/mol. The predicted molar refractivity (Wildman–Crippen MR) is 212 cm³/mol. The van der Waals surface area contributed by atoms with Crippen LogP contribution in [-0.4, -0.2) is 0 Å². The van der Waals surface area contributed by atoms with Gasteiger partial charge in [-0.05, 0) is 111 Å². The Morgan fingerprint density at radius 1 is 0.388 bits per heavy atom. The van der Waals surface area contributed by atoms with E-state index >= 15 is 0 Å². The molecule has 0 unspecified atom stereocenters. The van der Waals surface area contributed by atoms with E-state index in [2.05, 4.69) is 186 Å². The van der Waals surface area contributed by atoms with Gasteiger partial charge in [-0.1, -0.05) is 174 Å². The van der Waals surface area contributed by atoms with E-state index in [0.29, 0.717) is 0 Å². The van der Waals surface area contributed by atoms with Crippen LogP contribution in [0.5, 0.6) is 0 Å². The molecular formula is C49H40. The molecule has 0 heterocycles. The molecule has 0 radical (unpaired) electrons. The number of benzene rings is 8. The molecule has 0 amide bonds. The molecule has 0 heteroatoms. The monoisotopic (exact) mass is 628 g/mol. The first-order chi connectivity index (χ1) is 23.7. The summed E-state index contributed by atoms with van der Waals surface area (Å²) in [5.74, 6) is 0. The van der Waals surface area contributed by atoms with Crippen molar-refractivity contribution < 1.29 is 0 Å². The predicted octanol–water partition coefficient (Wildman–Crippen LogP) is 13.8. The van der Waals surface area contributed by atoms with Gasteiger partial charge in [0, 0.05) is 5.41 Å². The molecule has 8 aromatic carbocycles. The highest BCUT2D eigenvalue weighted by Crippen LogP contribution is 2.51. The Morgan fingerprint density at radius 2 is 0.939 bits per heavy atom. The summed E-state index contributed by atoms with van der Waals surface area (Å²) in [5.41, 5.74) is 14.5. The molecule has 0 atom stereocenters. The highest BCUT2D eigenvalue weighted by Gasteiger charge is 2.35. The molecular weight excluding hydrogens is 589 g/mol. The van der Waals surface area contributed by atoms with Crippen molar-refractivity contribution in [3.63, 3.8) is 0 Å². The van der Waals surface area contributed by atoms with Crippen molar-refractivity contribution in [3.8, 4) is 44.5 Å². The van der Waals surface area contributed by atoms with E-state index in [1.54, 1.807) is 0 Å². The Hall–Kier alpha value is -5.46. The first-order valence-electron chi connectivity index (χ1n) is 17.5. The molecule has 0 saturated carbocycles. The highest BCUT2D eigenvalue weighted by molar-refractivity contribution is 6.22. The van der Waals surface area contributed by atoms with Crippen molar-refractivity contribution in [2.45, 2.75) is 45.4 Å². The normalized spacial score (nSPS) is 13.6. The second-order valence-corrected chi connectivity index (χ2v) is 15.3. The van der Waals surface area contributed by atoms with Crippen LogP contribution < -0.4 is 0 Å². The first-order valence-corrected chi connectivity index (χ1v) is 17.5. The Bertz CT molecular complexity index is 2580. The van der Waals surface area contributed by atoms with E-state index < -0.39 is 0 Å². The van der Waals surface area contributed by atoms with Gasteiger partial charge >= 0.3 is 0 Å². The van der Waals surface area contributed by atoms with Gasteiger partial charge in [0.15, 0.2) is 0 Å². The fourth-order valence-electron chi connectivity index (χ4n) is 8.44. The molecule has 0 bridgehead atoms. The summed E-state index contributed by atoms with van der Waals surface area (Å²) < 4.78 is 0. The van der Waals surface area contributed by atoms with Crippen molar-refractivity contribution in [1.82, 2.24) is 0 Å². The third kappa shape index (κ3) is 4.58. The molecule has 8 aromatic rings. The van der Waals surface area contributed by atoms with Crippen LogP contribution in [0.4, 0.5) is 0 Å². The molecule has 1 aliphatic carbocycles. The van der Waals surface area contributed by atoms with E-state index in [4.69, 9.17) is 0 Å². The van der Waals surface area contributed by atoms with E-state index in [0.717, 1.165) is 0 Å². The minimum absolute atomic E-state index is 0.0730. The fourth-order valence-corrected chi connectivity index (χ4v) is 8.44. The second kappa shape index (κ2) is 10.8. The van der Waals surface area contributed by atoms with Crippen LogP contribution in [0.1, 0.15) is 51.3 Å². The van der Waals surface area contributed by atoms with Gasteiger partial charge in [-0.3, -0.25) is 0 Å². The summed E-state index contributed by atoms with van der Waals surface area (Å²) in [6, 6.07) is 57.0. The SMILES string of the molecule is CC(C)(C)c1ccc(-c2c3ccccc3c(-c3ccc4c(c3)C(C)(C)c3ccccc3-4)c3cc(-c4cccc5ccccc45)ccc23)cc1. The lowest BCUT2D eigenvalue weighted by atomic mass is 9.80. The molecule has 236 valence electrons. The van der Waals surface area contributed by atoms with Crippen LogP contribution in [0.25, 0.3) is 76.8 Å². The number of rotatable bonds is 3. The topological polar surface area (TPSA) is 0 Å². The van der Waals surface area contributed by atoms with Crippen molar-refractivity contribution in [3.05, 3.63) is 168 Å². The molecule has 0 aromatic heterocycles. The van der Waals surface area contributed by atoms with Gasteiger partial charge in [0.05, 0.1) is 0 Å². The summed E-state index contributed by atoms with van der Waals surface area (Å²) in [7, 11) is 0. The minimum atomic E-state index is -0.0730. The Kier molecular flexibility index (Phi) is 6.52. The van der Waals surface area contributed by atoms with Gasteiger partial charge in [0.25, 0.3) is 0 Å². The Balaban J connectivity index is 1.37. The summed E-state index contributed by atoms with van der Waals surface area (Å²) >= 11 is 0. The molecule has 49 heavy (non-hydrogen) atoms. The molecule has 0 nitrogen and oxygen atoms in total. The molecule has 0 spiro atoms. The maximum absolute atomic E-state index is 2.49. The van der Waals surface area contributed by atoms with Gasteiger partial charge in [-0.25, -0.2) is 0 Å². The molecule has 0 saturated heterocycles. The van der Waals surface area contributed by atoms with Crippen molar-refractivity contribution in [1.29, 1.82) is 0 Å². The van der Waals surface area contributed by atoms with E-state index in [1.807, 2.05) is 0 Å². The van der Waals surface area contributed by atoms with Crippen LogP contribution in [-0.2, 0) is 10.8 Å². The molecule has 1 aliphatic rings. The summed E-state index contributed by atoms with van der Waals surface area (Å²) in [6.07, 6.45) is 0. The smallest absolute Gasteiger partial charge is 0.0159 e.